The molecule has 3 rings (SSSR count). The molecule has 2 aromatic rings. The van der Waals surface area contributed by atoms with Crippen LogP contribution in [-0.4, -0.2) is 29.9 Å². The number of anilines is 2. The van der Waals surface area contributed by atoms with Crippen LogP contribution in [0, 0.1) is 0 Å². The average molecular weight is 331 g/mol. The molecule has 0 saturated heterocycles. The summed E-state index contributed by atoms with van der Waals surface area (Å²) in [5.74, 6) is 0.587. The zero-order chi connectivity index (χ0) is 16.4. The molecule has 0 radical (unpaired) electrons. The van der Waals surface area contributed by atoms with Gasteiger partial charge >= 0.3 is 0 Å². The summed E-state index contributed by atoms with van der Waals surface area (Å²) in [6, 6.07) is 5.66. The van der Waals surface area contributed by atoms with Crippen molar-refractivity contribution >= 4 is 34.0 Å². The van der Waals surface area contributed by atoms with E-state index in [1.807, 2.05) is 30.5 Å². The van der Waals surface area contributed by atoms with Crippen molar-refractivity contribution in [2.75, 3.05) is 23.4 Å². The number of carbonyl (C=O) groups excluding carboxylic acids is 2. The molecule has 0 spiro atoms. The number of benzene rings is 1. The highest BCUT2D eigenvalue weighted by Gasteiger charge is 2.24. The summed E-state index contributed by atoms with van der Waals surface area (Å²) < 4.78 is 5.47. The lowest BCUT2D eigenvalue weighted by Gasteiger charge is -2.28. The number of thiazole rings is 1. The van der Waals surface area contributed by atoms with E-state index in [0.29, 0.717) is 23.8 Å². The van der Waals surface area contributed by atoms with Gasteiger partial charge in [0.05, 0.1) is 11.4 Å². The summed E-state index contributed by atoms with van der Waals surface area (Å²) in [6.07, 6.45) is 0.415. The maximum atomic E-state index is 11.9. The number of carbonyl (C=O) groups is 2. The largest absolute Gasteiger partial charge is 0.482 e. The zero-order valence-corrected chi connectivity index (χ0v) is 13.8. The number of ether oxygens (including phenoxy) is 1. The molecule has 1 aliphatic rings. The Morgan fingerprint density at radius 1 is 1.43 bits per heavy atom. The van der Waals surface area contributed by atoms with E-state index in [1.165, 1.54) is 11.3 Å². The average Bonchev–Trinajstić information content (AvgIpc) is 3.02. The molecule has 7 heteroatoms. The van der Waals surface area contributed by atoms with Crippen LogP contribution >= 0.6 is 11.3 Å². The molecule has 120 valence electrons. The first-order valence-electron chi connectivity index (χ1n) is 7.45. The smallest absolute Gasteiger partial charge is 0.265 e. The quantitative estimate of drug-likeness (QED) is 0.935. The lowest BCUT2D eigenvalue weighted by molar-refractivity contribution is -0.121. The van der Waals surface area contributed by atoms with E-state index in [-0.39, 0.29) is 18.4 Å². The number of likely N-dealkylation sites (N-methyl/N-ethyl adjacent to an activating group) is 1. The first kappa shape index (κ1) is 15.5. The number of nitrogens with zero attached hydrogens (tertiary/aromatic N) is 2. The van der Waals surface area contributed by atoms with Crippen LogP contribution in [0.15, 0.2) is 23.6 Å². The molecule has 1 aromatic heterocycles. The van der Waals surface area contributed by atoms with Crippen molar-refractivity contribution in [1.82, 2.24) is 4.98 Å². The Labute approximate surface area is 138 Å². The van der Waals surface area contributed by atoms with Crippen molar-refractivity contribution < 1.29 is 14.3 Å². The normalized spacial score (nSPS) is 13.5. The second kappa shape index (κ2) is 6.37. The molecule has 0 saturated carbocycles. The van der Waals surface area contributed by atoms with E-state index in [4.69, 9.17) is 4.74 Å². The van der Waals surface area contributed by atoms with E-state index in [9.17, 15) is 9.59 Å². The Morgan fingerprint density at radius 2 is 2.26 bits per heavy atom. The van der Waals surface area contributed by atoms with Gasteiger partial charge in [-0.15, -0.1) is 11.3 Å². The minimum Gasteiger partial charge on any atom is -0.482 e. The van der Waals surface area contributed by atoms with Gasteiger partial charge in [-0.25, -0.2) is 4.98 Å². The molecule has 2 amide bonds. The lowest BCUT2D eigenvalue weighted by Crippen LogP contribution is -2.38. The number of rotatable bonds is 4. The van der Waals surface area contributed by atoms with Gasteiger partial charge < -0.3 is 15.0 Å². The van der Waals surface area contributed by atoms with Gasteiger partial charge in [0.15, 0.2) is 11.7 Å². The topological polar surface area (TPSA) is 71.5 Å². The van der Waals surface area contributed by atoms with E-state index in [2.05, 4.69) is 10.3 Å². The molecule has 1 N–H and O–H groups in total. The first-order chi connectivity index (χ1) is 11.1. The number of hydrogen-bond acceptors (Lipinski definition) is 5. The van der Waals surface area contributed by atoms with Gasteiger partial charge in [-0.05, 0) is 25.1 Å². The highest BCUT2D eigenvalue weighted by atomic mass is 32.1. The second-order valence-electron chi connectivity index (χ2n) is 5.05. The Hall–Kier alpha value is -2.41. The van der Waals surface area contributed by atoms with Crippen LogP contribution in [0.4, 0.5) is 10.8 Å². The second-order valence-corrected chi connectivity index (χ2v) is 5.91. The standard InChI is InChI=1S/C16H17N3O3S/c1-3-14(20)18-16-17-11(9-23-16)10-5-6-13-12(7-10)19(4-2)15(21)8-22-13/h5-7,9H,3-4,8H2,1-2H3,(H,17,18,20). The number of nitrogens with one attached hydrogen (secondary N) is 1. The van der Waals surface area contributed by atoms with Crippen molar-refractivity contribution in [3.63, 3.8) is 0 Å². The molecular formula is C16H17N3O3S. The predicted molar refractivity (Wildman–Crippen MR) is 90.0 cm³/mol. The number of aromatic nitrogens is 1. The number of hydrogen-bond donors (Lipinski definition) is 1. The van der Waals surface area contributed by atoms with Gasteiger partial charge in [0, 0.05) is 23.9 Å². The third-order valence-corrected chi connectivity index (χ3v) is 4.34. The minimum absolute atomic E-state index is 0.0497. The van der Waals surface area contributed by atoms with Crippen molar-refractivity contribution in [2.45, 2.75) is 20.3 Å². The lowest BCUT2D eigenvalue weighted by atomic mass is 10.1. The molecule has 0 atom stereocenters. The summed E-state index contributed by atoms with van der Waals surface area (Å²) in [5.41, 5.74) is 2.40. The summed E-state index contributed by atoms with van der Waals surface area (Å²) in [6.45, 7) is 4.39. The highest BCUT2D eigenvalue weighted by Crippen LogP contribution is 2.36. The van der Waals surface area contributed by atoms with E-state index < -0.39 is 0 Å². The molecule has 0 unspecified atom stereocenters. The minimum atomic E-state index is -0.0625. The third-order valence-electron chi connectivity index (χ3n) is 3.59. The highest BCUT2D eigenvalue weighted by molar-refractivity contribution is 7.14. The first-order valence-corrected chi connectivity index (χ1v) is 8.33. The van der Waals surface area contributed by atoms with Gasteiger partial charge in [-0.3, -0.25) is 9.59 Å². The zero-order valence-electron chi connectivity index (χ0n) is 13.0. The molecule has 2 heterocycles. The van der Waals surface area contributed by atoms with Crippen molar-refractivity contribution in [2.24, 2.45) is 0 Å². The Kier molecular flexibility index (Phi) is 4.29. The maximum absolute atomic E-state index is 11.9. The fourth-order valence-electron chi connectivity index (χ4n) is 2.38. The van der Waals surface area contributed by atoms with Crippen LogP contribution < -0.4 is 15.0 Å². The van der Waals surface area contributed by atoms with Crippen LogP contribution in [0.25, 0.3) is 11.3 Å². The summed E-state index contributed by atoms with van der Waals surface area (Å²) >= 11 is 1.38. The molecular weight excluding hydrogens is 314 g/mol. The number of fused-ring (bicyclic) bond motifs is 1. The van der Waals surface area contributed by atoms with Crippen molar-refractivity contribution in [1.29, 1.82) is 0 Å². The molecule has 0 bridgehead atoms. The maximum Gasteiger partial charge on any atom is 0.265 e. The van der Waals surface area contributed by atoms with Crippen molar-refractivity contribution in [3.8, 4) is 17.0 Å². The third kappa shape index (κ3) is 3.05. The Morgan fingerprint density at radius 3 is 3.00 bits per heavy atom. The van der Waals surface area contributed by atoms with Gasteiger partial charge in [-0.2, -0.15) is 0 Å². The molecule has 1 aliphatic heterocycles. The Balaban J connectivity index is 1.91. The number of amides is 2. The molecule has 1 aromatic carbocycles. The molecule has 0 fully saturated rings. The van der Waals surface area contributed by atoms with E-state index in [0.717, 1.165) is 16.9 Å². The molecule has 23 heavy (non-hydrogen) atoms. The monoisotopic (exact) mass is 331 g/mol. The summed E-state index contributed by atoms with van der Waals surface area (Å²) in [5, 5.41) is 5.21. The van der Waals surface area contributed by atoms with Crippen LogP contribution in [0.1, 0.15) is 20.3 Å². The Bertz CT molecular complexity index is 757. The van der Waals surface area contributed by atoms with Gasteiger partial charge in [0.25, 0.3) is 5.91 Å². The fraction of sp³-hybridized carbons (Fsp3) is 0.312. The predicted octanol–water partition coefficient (Wildman–Crippen LogP) is 2.90. The summed E-state index contributed by atoms with van der Waals surface area (Å²) in [7, 11) is 0. The fourth-order valence-corrected chi connectivity index (χ4v) is 3.12. The van der Waals surface area contributed by atoms with E-state index >= 15 is 0 Å². The van der Waals surface area contributed by atoms with Crippen molar-refractivity contribution in [3.05, 3.63) is 23.6 Å². The van der Waals surface area contributed by atoms with E-state index in [1.54, 1.807) is 11.8 Å². The van der Waals surface area contributed by atoms with Crippen LogP contribution in [-0.2, 0) is 9.59 Å². The molecule has 6 nitrogen and oxygen atoms in total. The van der Waals surface area contributed by atoms with Crippen LogP contribution in [0.2, 0.25) is 0 Å². The SMILES string of the molecule is CCC(=O)Nc1nc(-c2ccc3c(c2)N(CC)C(=O)CO3)cs1. The summed E-state index contributed by atoms with van der Waals surface area (Å²) in [4.78, 5) is 29.5. The van der Waals surface area contributed by atoms with Crippen LogP contribution in [0.5, 0.6) is 5.75 Å². The van der Waals surface area contributed by atoms with Gasteiger partial charge in [0.1, 0.15) is 5.75 Å². The van der Waals surface area contributed by atoms with Gasteiger partial charge in [0.2, 0.25) is 5.91 Å². The van der Waals surface area contributed by atoms with Crippen LogP contribution in [0.3, 0.4) is 0 Å². The van der Waals surface area contributed by atoms with Gasteiger partial charge in [-0.1, -0.05) is 6.92 Å². The molecule has 0 aliphatic carbocycles.